The zero-order chi connectivity index (χ0) is 7.56. The molecule has 0 amide bonds. The summed E-state index contributed by atoms with van der Waals surface area (Å²) in [6, 6.07) is 0. The van der Waals surface area contributed by atoms with Crippen LogP contribution in [0.1, 0.15) is 25.1 Å². The molecule has 0 fully saturated rings. The summed E-state index contributed by atoms with van der Waals surface area (Å²) in [6.45, 7) is 7.16. The molecule has 55 valence electrons. The van der Waals surface area contributed by atoms with E-state index in [4.69, 9.17) is 0 Å². The lowest BCUT2D eigenvalue weighted by atomic mass is 10.2. The van der Waals surface area contributed by atoms with E-state index >= 15 is 0 Å². The number of hydrogen-bond donors (Lipinski definition) is 0. The maximum absolute atomic E-state index is 4.31. The topological polar surface area (TPSA) is 17.8 Å². The van der Waals surface area contributed by atoms with Crippen LogP contribution in [0, 0.1) is 13.1 Å². The van der Waals surface area contributed by atoms with Gasteiger partial charge >= 0.3 is 0 Å². The van der Waals surface area contributed by atoms with Crippen LogP contribution in [0.15, 0.2) is 0 Å². The minimum atomic E-state index is 0.918. The molecule has 0 spiro atoms. The van der Waals surface area contributed by atoms with Crippen LogP contribution < -0.4 is 0 Å². The Bertz CT molecular complexity index is 213. The summed E-state index contributed by atoms with van der Waals surface area (Å²) in [5.74, 6) is 0. The van der Waals surface area contributed by atoms with Gasteiger partial charge in [0.2, 0.25) is 0 Å². The van der Waals surface area contributed by atoms with Crippen LogP contribution in [0.3, 0.4) is 0 Å². The van der Waals surface area contributed by atoms with Gasteiger partial charge in [-0.3, -0.25) is 4.68 Å². The first-order valence-corrected chi connectivity index (χ1v) is 3.73. The third-order valence-electron chi connectivity index (χ3n) is 1.61. The Morgan fingerprint density at radius 3 is 2.50 bits per heavy atom. The van der Waals surface area contributed by atoms with Crippen molar-refractivity contribution in [2.45, 2.75) is 33.7 Å². The maximum Gasteiger partial charge on any atom is 0.0898 e. The molecule has 1 heterocycles. The lowest BCUT2D eigenvalue weighted by molar-refractivity contribution is 0.644. The van der Waals surface area contributed by atoms with Gasteiger partial charge in [0.1, 0.15) is 0 Å². The molecule has 2 nitrogen and oxygen atoms in total. The van der Waals surface area contributed by atoms with Crippen LogP contribution in [0.4, 0.5) is 0 Å². The van der Waals surface area contributed by atoms with Gasteiger partial charge in [-0.25, -0.2) is 0 Å². The number of nitrogens with zero attached hydrogens (tertiary/aromatic N) is 2. The molecular formula is C8H13N2. The summed E-state index contributed by atoms with van der Waals surface area (Å²) in [4.78, 5) is 0. The smallest absolute Gasteiger partial charge is 0.0898 e. The summed E-state index contributed by atoms with van der Waals surface area (Å²) < 4.78 is 1.86. The lowest BCUT2D eigenvalue weighted by Crippen LogP contribution is -1.94. The minimum absolute atomic E-state index is 0.918. The molecule has 0 aliphatic heterocycles. The minimum Gasteiger partial charge on any atom is -0.263 e. The van der Waals surface area contributed by atoms with Gasteiger partial charge in [-0.1, -0.05) is 6.92 Å². The highest BCUT2D eigenvalue weighted by Gasteiger charge is 2.00. The molecule has 0 N–H and O–H groups in total. The van der Waals surface area contributed by atoms with Gasteiger partial charge in [-0.2, -0.15) is 5.10 Å². The van der Waals surface area contributed by atoms with Crippen LogP contribution in [0.5, 0.6) is 0 Å². The Labute approximate surface area is 61.9 Å². The van der Waals surface area contributed by atoms with E-state index in [9.17, 15) is 0 Å². The molecule has 0 bridgehead atoms. The van der Waals surface area contributed by atoms with Crippen molar-refractivity contribution in [3.63, 3.8) is 0 Å². The van der Waals surface area contributed by atoms with E-state index in [1.165, 1.54) is 11.3 Å². The first-order chi connectivity index (χ1) is 4.77. The third kappa shape index (κ3) is 1.20. The molecule has 1 rings (SSSR count). The fourth-order valence-electron chi connectivity index (χ4n) is 0.989. The Morgan fingerprint density at radius 1 is 1.50 bits per heavy atom. The van der Waals surface area contributed by atoms with Crippen molar-refractivity contribution in [2.24, 2.45) is 0 Å². The van der Waals surface area contributed by atoms with Crippen molar-refractivity contribution in [3.8, 4) is 0 Å². The third-order valence-corrected chi connectivity index (χ3v) is 1.61. The van der Waals surface area contributed by atoms with Gasteiger partial charge in [0.15, 0.2) is 0 Å². The van der Waals surface area contributed by atoms with Gasteiger partial charge in [0.25, 0.3) is 0 Å². The second-order valence-corrected chi connectivity index (χ2v) is 2.35. The second-order valence-electron chi connectivity index (χ2n) is 2.35. The van der Waals surface area contributed by atoms with Gasteiger partial charge in [-0.15, -0.1) is 0 Å². The molecule has 10 heavy (non-hydrogen) atoms. The first-order valence-electron chi connectivity index (χ1n) is 3.73. The Kier molecular flexibility index (Phi) is 2.10. The molecule has 0 saturated heterocycles. The maximum atomic E-state index is 4.31. The fraction of sp³-hybridized carbons (Fsp3) is 0.625. The highest BCUT2D eigenvalue weighted by atomic mass is 15.3. The van der Waals surface area contributed by atoms with Gasteiger partial charge in [0, 0.05) is 6.54 Å². The van der Waals surface area contributed by atoms with Crippen molar-refractivity contribution in [1.29, 1.82) is 0 Å². The van der Waals surface area contributed by atoms with Crippen LogP contribution in [0.2, 0.25) is 0 Å². The first kappa shape index (κ1) is 7.32. The monoisotopic (exact) mass is 137 g/mol. The predicted octanol–water partition coefficient (Wildman–Crippen LogP) is 1.57. The molecule has 0 atom stereocenters. The van der Waals surface area contributed by atoms with Crippen molar-refractivity contribution in [3.05, 3.63) is 17.5 Å². The summed E-state index contributed by atoms with van der Waals surface area (Å²) >= 11 is 0. The second kappa shape index (κ2) is 2.86. The van der Waals surface area contributed by atoms with E-state index in [-0.39, 0.29) is 0 Å². The molecule has 1 radical (unpaired) electrons. The Morgan fingerprint density at radius 2 is 2.20 bits per heavy atom. The highest BCUT2D eigenvalue weighted by molar-refractivity contribution is 5.12. The van der Waals surface area contributed by atoms with E-state index in [2.05, 4.69) is 32.1 Å². The molecule has 1 aromatic rings. The standard InChI is InChI=1S/C8H13N2/c1-4-8-7(3)6-10(5-2)9-8/h4-5H2,1-3H3. The molecule has 2 heteroatoms. The molecular weight excluding hydrogens is 124 g/mol. The molecule has 0 unspecified atom stereocenters. The zero-order valence-electron chi connectivity index (χ0n) is 6.81. The number of hydrogen-bond acceptors (Lipinski definition) is 1. The average molecular weight is 137 g/mol. The lowest BCUT2D eigenvalue weighted by Gasteiger charge is -1.89. The highest BCUT2D eigenvalue weighted by Crippen LogP contribution is 2.03. The van der Waals surface area contributed by atoms with Gasteiger partial charge in [-0.05, 0) is 25.8 Å². The van der Waals surface area contributed by atoms with Crippen LogP contribution in [0.25, 0.3) is 0 Å². The Balaban J connectivity index is 2.92. The van der Waals surface area contributed by atoms with E-state index < -0.39 is 0 Å². The van der Waals surface area contributed by atoms with Crippen LogP contribution in [-0.4, -0.2) is 9.78 Å². The number of aryl methyl sites for hydroxylation is 3. The summed E-state index contributed by atoms with van der Waals surface area (Å²) in [5.41, 5.74) is 2.35. The van der Waals surface area contributed by atoms with Crippen molar-refractivity contribution in [1.82, 2.24) is 9.78 Å². The van der Waals surface area contributed by atoms with E-state index in [1.54, 1.807) is 0 Å². The number of rotatable bonds is 2. The Hall–Kier alpha value is -0.790. The number of aromatic nitrogens is 2. The van der Waals surface area contributed by atoms with E-state index in [0.29, 0.717) is 0 Å². The normalized spacial score (nSPS) is 10.3. The summed E-state index contributed by atoms with van der Waals surface area (Å²) in [6.07, 6.45) is 4.16. The largest absolute Gasteiger partial charge is 0.263 e. The van der Waals surface area contributed by atoms with Gasteiger partial charge < -0.3 is 0 Å². The van der Waals surface area contributed by atoms with Crippen molar-refractivity contribution in [2.75, 3.05) is 0 Å². The molecule has 1 aromatic heterocycles. The van der Waals surface area contributed by atoms with Crippen molar-refractivity contribution >= 4 is 0 Å². The van der Waals surface area contributed by atoms with E-state index in [1.807, 2.05) is 4.68 Å². The van der Waals surface area contributed by atoms with Crippen LogP contribution >= 0.6 is 0 Å². The molecule has 0 aliphatic rings. The summed E-state index contributed by atoms with van der Waals surface area (Å²) in [7, 11) is 0. The van der Waals surface area contributed by atoms with E-state index in [0.717, 1.165) is 13.0 Å². The average Bonchev–Trinajstić information content (AvgIpc) is 2.30. The fourth-order valence-corrected chi connectivity index (χ4v) is 0.989. The predicted molar refractivity (Wildman–Crippen MR) is 40.9 cm³/mol. The molecule has 0 aromatic carbocycles. The van der Waals surface area contributed by atoms with Crippen molar-refractivity contribution < 1.29 is 0 Å². The van der Waals surface area contributed by atoms with Crippen LogP contribution in [-0.2, 0) is 13.0 Å². The quantitative estimate of drug-likeness (QED) is 0.605. The molecule has 0 aliphatic carbocycles. The SMILES string of the molecule is CCc1nn(CC)[c]c1C. The molecule has 0 saturated carbocycles. The van der Waals surface area contributed by atoms with Gasteiger partial charge in [0.05, 0.1) is 11.9 Å². The summed E-state index contributed by atoms with van der Waals surface area (Å²) in [5, 5.41) is 4.31. The zero-order valence-corrected chi connectivity index (χ0v) is 6.81.